The zero-order chi connectivity index (χ0) is 6.41. The summed E-state index contributed by atoms with van der Waals surface area (Å²) in [6.07, 6.45) is 3.23. The standard InChI is InChI=1S/C6H12NO/c1-6(8)4-2-3-5-7/h5-8H,1-4H2. The highest BCUT2D eigenvalue weighted by Gasteiger charge is 1.91. The van der Waals surface area contributed by atoms with Crippen molar-refractivity contribution in [1.29, 1.82) is 5.41 Å². The van der Waals surface area contributed by atoms with Gasteiger partial charge in [-0.3, -0.25) is 0 Å². The van der Waals surface area contributed by atoms with Gasteiger partial charge in [0.1, 0.15) is 0 Å². The van der Waals surface area contributed by atoms with Gasteiger partial charge in [-0.15, -0.1) is 0 Å². The van der Waals surface area contributed by atoms with Crippen molar-refractivity contribution in [3.63, 3.8) is 0 Å². The second-order valence-corrected chi connectivity index (χ2v) is 1.79. The van der Waals surface area contributed by atoms with Gasteiger partial charge < -0.3 is 10.5 Å². The lowest BCUT2D eigenvalue weighted by molar-refractivity contribution is 0.208. The van der Waals surface area contributed by atoms with E-state index in [1.54, 1.807) is 0 Å². The predicted octanol–water partition coefficient (Wildman–Crippen LogP) is 1.00. The highest BCUT2D eigenvalue weighted by atomic mass is 16.3. The minimum absolute atomic E-state index is 0.449. The second-order valence-electron chi connectivity index (χ2n) is 1.79. The van der Waals surface area contributed by atoms with Crippen molar-refractivity contribution in [1.82, 2.24) is 0 Å². The average Bonchev–Trinajstić information content (AvgIpc) is 1.66. The molecule has 1 radical (unpaired) electrons. The van der Waals surface area contributed by atoms with Crippen LogP contribution < -0.4 is 0 Å². The lowest BCUT2D eigenvalue weighted by Gasteiger charge is -1.98. The molecule has 0 saturated carbocycles. The number of nitrogens with one attached hydrogen (secondary N) is 1. The van der Waals surface area contributed by atoms with Gasteiger partial charge in [0.05, 0.1) is 6.10 Å². The van der Waals surface area contributed by atoms with Crippen molar-refractivity contribution < 1.29 is 5.11 Å². The van der Waals surface area contributed by atoms with Gasteiger partial charge in [-0.1, -0.05) is 0 Å². The Labute approximate surface area is 50.0 Å². The van der Waals surface area contributed by atoms with Gasteiger partial charge >= 0.3 is 0 Å². The van der Waals surface area contributed by atoms with Gasteiger partial charge in [0, 0.05) is 0 Å². The molecule has 0 fully saturated rings. The average molecular weight is 114 g/mol. The van der Waals surface area contributed by atoms with E-state index in [9.17, 15) is 0 Å². The van der Waals surface area contributed by atoms with Crippen LogP contribution in [-0.2, 0) is 0 Å². The van der Waals surface area contributed by atoms with E-state index in [4.69, 9.17) is 10.5 Å². The first-order valence-corrected chi connectivity index (χ1v) is 2.77. The van der Waals surface area contributed by atoms with Crippen molar-refractivity contribution in [2.45, 2.75) is 25.4 Å². The molecule has 0 aliphatic heterocycles. The number of hydrogen-bond acceptors (Lipinski definition) is 2. The van der Waals surface area contributed by atoms with E-state index in [0.717, 1.165) is 12.8 Å². The molecule has 0 heterocycles. The number of aliphatic hydroxyl groups is 1. The highest BCUT2D eigenvalue weighted by Crippen LogP contribution is 1.96. The van der Waals surface area contributed by atoms with Gasteiger partial charge in [0.25, 0.3) is 0 Å². The topological polar surface area (TPSA) is 44.1 Å². The van der Waals surface area contributed by atoms with Gasteiger partial charge in [0.15, 0.2) is 0 Å². The van der Waals surface area contributed by atoms with Crippen molar-refractivity contribution in [3.05, 3.63) is 6.92 Å². The number of rotatable bonds is 4. The van der Waals surface area contributed by atoms with E-state index in [1.165, 1.54) is 6.21 Å². The number of hydrogen-bond donors (Lipinski definition) is 2. The van der Waals surface area contributed by atoms with Crippen LogP contribution in [0.5, 0.6) is 0 Å². The molecule has 2 nitrogen and oxygen atoms in total. The third kappa shape index (κ3) is 5.63. The van der Waals surface area contributed by atoms with Crippen LogP contribution in [0.25, 0.3) is 0 Å². The van der Waals surface area contributed by atoms with Gasteiger partial charge in [-0.25, -0.2) is 0 Å². The summed E-state index contributed by atoms with van der Waals surface area (Å²) in [5.41, 5.74) is 0. The number of aliphatic hydroxyl groups excluding tert-OH is 1. The third-order valence-electron chi connectivity index (χ3n) is 0.886. The minimum Gasteiger partial charge on any atom is -0.393 e. The van der Waals surface area contributed by atoms with Crippen LogP contribution in [-0.4, -0.2) is 17.4 Å². The SMILES string of the molecule is [CH2]C(O)CCCC=N. The van der Waals surface area contributed by atoms with E-state index in [2.05, 4.69) is 6.92 Å². The first kappa shape index (κ1) is 7.63. The molecule has 0 bridgehead atoms. The van der Waals surface area contributed by atoms with Crippen molar-refractivity contribution >= 4 is 6.21 Å². The lowest BCUT2D eigenvalue weighted by Crippen LogP contribution is -1.98. The van der Waals surface area contributed by atoms with E-state index < -0.39 is 6.10 Å². The second kappa shape index (κ2) is 4.78. The normalized spacial score (nSPS) is 13.2. The maximum absolute atomic E-state index is 8.59. The van der Waals surface area contributed by atoms with Crippen molar-refractivity contribution in [2.24, 2.45) is 0 Å². The summed E-state index contributed by atoms with van der Waals surface area (Å²) in [5.74, 6) is 0. The Balaban J connectivity index is 2.81. The van der Waals surface area contributed by atoms with Gasteiger partial charge in [0.2, 0.25) is 0 Å². The van der Waals surface area contributed by atoms with Gasteiger partial charge in [-0.2, -0.15) is 0 Å². The maximum Gasteiger partial charge on any atom is 0.0541 e. The summed E-state index contributed by atoms with van der Waals surface area (Å²) in [6, 6.07) is 0. The predicted molar refractivity (Wildman–Crippen MR) is 34.0 cm³/mol. The molecule has 0 aromatic heterocycles. The van der Waals surface area contributed by atoms with E-state index in [-0.39, 0.29) is 0 Å². The Hall–Kier alpha value is -0.370. The van der Waals surface area contributed by atoms with Crippen LogP contribution in [0.4, 0.5) is 0 Å². The Morgan fingerprint density at radius 2 is 2.38 bits per heavy atom. The van der Waals surface area contributed by atoms with Crippen LogP contribution in [0, 0.1) is 12.3 Å². The largest absolute Gasteiger partial charge is 0.393 e. The smallest absolute Gasteiger partial charge is 0.0541 e. The van der Waals surface area contributed by atoms with Crippen LogP contribution in [0.2, 0.25) is 0 Å². The summed E-state index contributed by atoms with van der Waals surface area (Å²) in [6.45, 7) is 3.39. The molecule has 0 aliphatic carbocycles. The summed E-state index contributed by atoms with van der Waals surface area (Å²) in [7, 11) is 0. The molecule has 0 aliphatic rings. The van der Waals surface area contributed by atoms with Crippen molar-refractivity contribution in [3.8, 4) is 0 Å². The Kier molecular flexibility index (Phi) is 4.56. The molecular weight excluding hydrogens is 102 g/mol. The zero-order valence-corrected chi connectivity index (χ0v) is 4.93. The monoisotopic (exact) mass is 114 g/mol. The summed E-state index contributed by atoms with van der Waals surface area (Å²) >= 11 is 0. The Morgan fingerprint density at radius 3 is 2.75 bits per heavy atom. The summed E-state index contributed by atoms with van der Waals surface area (Å²) < 4.78 is 0. The minimum atomic E-state index is -0.449. The molecule has 0 rings (SSSR count). The lowest BCUT2D eigenvalue weighted by atomic mass is 10.2. The fraction of sp³-hybridized carbons (Fsp3) is 0.667. The molecule has 0 saturated heterocycles. The molecule has 0 aromatic carbocycles. The highest BCUT2D eigenvalue weighted by molar-refractivity contribution is 5.52. The number of unbranched alkanes of at least 4 members (excludes halogenated alkanes) is 1. The fourth-order valence-corrected chi connectivity index (χ4v) is 0.456. The molecule has 47 valence electrons. The van der Waals surface area contributed by atoms with Crippen molar-refractivity contribution in [2.75, 3.05) is 0 Å². The Morgan fingerprint density at radius 1 is 1.75 bits per heavy atom. The molecule has 2 heteroatoms. The van der Waals surface area contributed by atoms with E-state index in [1.807, 2.05) is 0 Å². The zero-order valence-electron chi connectivity index (χ0n) is 4.93. The summed E-state index contributed by atoms with van der Waals surface area (Å²) in [4.78, 5) is 0. The molecule has 0 aromatic rings. The summed E-state index contributed by atoms with van der Waals surface area (Å²) in [5, 5.41) is 15.2. The molecule has 8 heavy (non-hydrogen) atoms. The first-order valence-electron chi connectivity index (χ1n) is 2.77. The van der Waals surface area contributed by atoms with Crippen LogP contribution in [0.3, 0.4) is 0 Å². The van der Waals surface area contributed by atoms with Gasteiger partial charge in [-0.05, 0) is 32.4 Å². The van der Waals surface area contributed by atoms with E-state index >= 15 is 0 Å². The molecule has 0 spiro atoms. The molecule has 1 atom stereocenters. The van der Waals surface area contributed by atoms with Crippen LogP contribution >= 0.6 is 0 Å². The maximum atomic E-state index is 8.59. The molecule has 1 unspecified atom stereocenters. The molecule has 2 N–H and O–H groups in total. The quantitative estimate of drug-likeness (QED) is 0.415. The first-order chi connectivity index (χ1) is 3.77. The fourth-order valence-electron chi connectivity index (χ4n) is 0.456. The molecule has 0 amide bonds. The van der Waals surface area contributed by atoms with Crippen LogP contribution in [0.15, 0.2) is 0 Å². The molecular formula is C6H12NO. The van der Waals surface area contributed by atoms with E-state index in [0.29, 0.717) is 6.42 Å². The third-order valence-corrected chi connectivity index (χ3v) is 0.886. The Bertz CT molecular complexity index is 61.5. The van der Waals surface area contributed by atoms with Crippen LogP contribution in [0.1, 0.15) is 19.3 Å².